The molecule has 25 nitrogen and oxygen atoms in total. The van der Waals surface area contributed by atoms with Crippen LogP contribution >= 0.6 is 23.0 Å². The Kier molecular flexibility index (Phi) is 27.8. The van der Waals surface area contributed by atoms with Crippen LogP contribution in [0.2, 0.25) is 0 Å². The van der Waals surface area contributed by atoms with Crippen molar-refractivity contribution in [3.63, 3.8) is 0 Å². The minimum atomic E-state index is -2.63. The van der Waals surface area contributed by atoms with Gasteiger partial charge in [-0.05, 0) is 84.9 Å². The normalized spacial score (nSPS) is 18.2. The number of ether oxygens (including phenoxy) is 12. The lowest BCUT2D eigenvalue weighted by molar-refractivity contribution is -0.324. The molecule has 0 aliphatic carbocycles. The fourth-order valence-electron chi connectivity index (χ4n) is 9.86. The van der Waals surface area contributed by atoms with Gasteiger partial charge in [0.1, 0.15) is 53.5 Å². The third-order valence-electron chi connectivity index (χ3n) is 14.6. The van der Waals surface area contributed by atoms with E-state index >= 15 is 0 Å². The molecule has 26 heteroatoms. The zero-order valence-corrected chi connectivity index (χ0v) is 54.1. The van der Waals surface area contributed by atoms with Crippen LogP contribution in [-0.4, -0.2) is 169 Å². The fourth-order valence-corrected chi connectivity index (χ4v) is 10.3. The number of esters is 9. The van der Waals surface area contributed by atoms with E-state index in [0.29, 0.717) is 0 Å². The number of benzene rings is 7. The lowest BCUT2D eigenvalue weighted by Gasteiger charge is -2.45. The van der Waals surface area contributed by atoms with Gasteiger partial charge >= 0.3 is 53.7 Å². The summed E-state index contributed by atoms with van der Waals surface area (Å²) in [5, 5.41) is 37.5. The largest absolute Gasteiger partial charge is 0.462 e. The third kappa shape index (κ3) is 21.4. The summed E-state index contributed by atoms with van der Waals surface area (Å²) in [6.45, 7) is -0.160. The summed E-state index contributed by atoms with van der Waals surface area (Å²) in [5.74, 6) is -9.17. The Morgan fingerprint density at radius 2 is 0.711 bits per heavy atom. The van der Waals surface area contributed by atoms with Crippen LogP contribution in [0.25, 0.3) is 0 Å². The van der Waals surface area contributed by atoms with E-state index in [-0.39, 0.29) is 38.9 Å². The lowest BCUT2D eigenvalue weighted by Crippen LogP contribution is -2.64. The van der Waals surface area contributed by atoms with Crippen LogP contribution in [0.5, 0.6) is 0 Å². The van der Waals surface area contributed by atoms with Gasteiger partial charge in [0.25, 0.3) is 0 Å². The van der Waals surface area contributed by atoms with Crippen LogP contribution in [0, 0.1) is 0 Å². The van der Waals surface area contributed by atoms with Gasteiger partial charge in [-0.2, -0.15) is 0 Å². The summed E-state index contributed by atoms with van der Waals surface area (Å²) in [7, 11) is 0. The number of carbonyl (C=O) groups is 9. The Morgan fingerprint density at radius 3 is 1.08 bits per heavy atom. The Bertz CT molecular complexity index is 3690. The highest BCUT2D eigenvalue weighted by Crippen LogP contribution is 2.34. The van der Waals surface area contributed by atoms with E-state index in [1.165, 1.54) is 169 Å². The Hall–Kier alpha value is -9.78. The maximum Gasteiger partial charge on any atom is 0.338 e. The van der Waals surface area contributed by atoms with Crippen molar-refractivity contribution in [2.75, 3.05) is 19.8 Å². The molecule has 7 aromatic rings. The van der Waals surface area contributed by atoms with E-state index < -0.39 is 166 Å². The number of hydrogen-bond donors (Lipinski definition) is 3. The Labute approximate surface area is 569 Å². The molecule has 1 aliphatic heterocycles. The molecule has 0 spiro atoms. The second kappa shape index (κ2) is 36.9. The van der Waals surface area contributed by atoms with Gasteiger partial charge in [0.15, 0.2) is 43.1 Å². The van der Waals surface area contributed by atoms with Crippen molar-refractivity contribution in [2.45, 2.75) is 107 Å². The third-order valence-corrected chi connectivity index (χ3v) is 15.1. The van der Waals surface area contributed by atoms with Gasteiger partial charge in [0, 0.05) is 26.7 Å². The summed E-state index contributed by atoms with van der Waals surface area (Å²) in [6, 6.07) is 52.6. The van der Waals surface area contributed by atoms with Crippen LogP contribution in [0.3, 0.4) is 0 Å². The number of carbonyl (C=O) groups excluding carboxylic acids is 9. The minimum absolute atomic E-state index is 0.00740. The molecular weight excluding hydrogens is 1380 g/mol. The zero-order chi connectivity index (χ0) is 69.2. The van der Waals surface area contributed by atoms with Crippen molar-refractivity contribution >= 4 is 76.7 Å². The molecule has 0 aromatic heterocycles. The topological polar surface area (TPSA) is 334 Å². The predicted molar refractivity (Wildman–Crippen MR) is 345 cm³/mol. The number of hydrogen-bond acceptors (Lipinski definition) is 25. The smallest absolute Gasteiger partial charge is 0.338 e. The molecule has 508 valence electrons. The van der Waals surface area contributed by atoms with Crippen molar-refractivity contribution in [1.82, 2.24) is 0 Å². The quantitative estimate of drug-likeness (QED) is 0.0156. The van der Waals surface area contributed by atoms with Crippen molar-refractivity contribution < 1.29 is 118 Å². The van der Waals surface area contributed by atoms with Gasteiger partial charge in [-0.1, -0.05) is 127 Å². The second-order valence-electron chi connectivity index (χ2n) is 21.4. The summed E-state index contributed by atoms with van der Waals surface area (Å²) in [6.07, 6.45) is -28.2. The van der Waals surface area contributed by atoms with E-state index in [4.69, 9.17) is 59.9 Å². The molecule has 1 heterocycles. The number of halogens is 1. The molecule has 3 N–H and O–H groups in total. The minimum Gasteiger partial charge on any atom is -0.462 e. The number of aliphatic hydroxyl groups is 3. The summed E-state index contributed by atoms with van der Waals surface area (Å²) >= 11 is 1.38. The molecule has 8 rings (SSSR count). The van der Waals surface area contributed by atoms with Crippen molar-refractivity contribution in [1.29, 1.82) is 0 Å². The van der Waals surface area contributed by atoms with Crippen LogP contribution < -0.4 is 0 Å². The van der Waals surface area contributed by atoms with Gasteiger partial charge < -0.3 is 72.2 Å². The number of rotatable bonds is 32. The average molecular weight is 1450 g/mol. The van der Waals surface area contributed by atoms with Gasteiger partial charge in [0.05, 0.1) is 58.8 Å². The average Bonchev–Trinajstić information content (AvgIpc) is 0.787. The van der Waals surface area contributed by atoms with Gasteiger partial charge in [-0.3, -0.25) is 12.7 Å². The van der Waals surface area contributed by atoms with E-state index in [1.807, 2.05) is 0 Å². The molecule has 13 unspecified atom stereocenters. The first-order valence-electron chi connectivity index (χ1n) is 30.2. The highest BCUT2D eigenvalue weighted by molar-refractivity contribution is 14.1. The molecule has 97 heavy (non-hydrogen) atoms. The molecule has 0 radical (unpaired) electrons. The highest BCUT2D eigenvalue weighted by Gasteiger charge is 2.54. The van der Waals surface area contributed by atoms with Gasteiger partial charge in [-0.25, -0.2) is 33.6 Å². The first-order valence-corrected chi connectivity index (χ1v) is 31.1. The molecule has 0 amide bonds. The molecule has 0 bridgehead atoms. The van der Waals surface area contributed by atoms with E-state index in [9.17, 15) is 58.5 Å². The SMILES string of the molecule is CC(=O)OC1C(COC(O)C(OC(=O)c2ccccc2)C(OC(=O)c2ccccc2)C(CCOC(=O)c2ccccc2)OC(=O)c2ccccc2)OC(OI)C(OC(C)=O)C1OC(O)C(OC(=O)c1ccccc1)C(O)C(CCOC(=O)c1ccccc1)OC(=O)c1ccccc1. The van der Waals surface area contributed by atoms with E-state index in [2.05, 4.69) is 0 Å². The van der Waals surface area contributed by atoms with Crippen LogP contribution in [0.1, 0.15) is 99.2 Å². The summed E-state index contributed by atoms with van der Waals surface area (Å²) < 4.78 is 76.6. The van der Waals surface area contributed by atoms with Crippen molar-refractivity contribution in [3.05, 3.63) is 251 Å². The highest BCUT2D eigenvalue weighted by atomic mass is 127. The van der Waals surface area contributed by atoms with Crippen LogP contribution in [0.15, 0.2) is 212 Å². The predicted octanol–water partition coefficient (Wildman–Crippen LogP) is 7.96. The van der Waals surface area contributed by atoms with Crippen LogP contribution in [0.4, 0.5) is 0 Å². The lowest BCUT2D eigenvalue weighted by atomic mass is 9.97. The summed E-state index contributed by atoms with van der Waals surface area (Å²) in [4.78, 5) is 124. The van der Waals surface area contributed by atoms with Crippen molar-refractivity contribution in [3.8, 4) is 0 Å². The molecule has 1 fully saturated rings. The first-order chi connectivity index (χ1) is 46.9. The second-order valence-corrected chi connectivity index (χ2v) is 21.9. The molecule has 7 aromatic carbocycles. The fraction of sp³-hybridized carbons (Fsp3) is 0.282. The molecule has 0 saturated carbocycles. The van der Waals surface area contributed by atoms with Gasteiger partial charge in [0.2, 0.25) is 6.29 Å². The first kappa shape index (κ1) is 73.0. The standard InChI is InChI=1S/C71H67IO25/c1-43(73)88-57-54(42-87-69(83)60(96-68(82)51-36-22-9-23-37-51)56(93-66(80)49-32-18-7-19-33-49)53(91-65(79)48-30-16-6-17-31-48)39-41-86-63(77)46-26-12-4-13-27-46)92-71(97-72)61(89-44(2)74)59(57)95-70(84)58(94-67(81)50-34-20-8-21-35-50)55(75)52(90-64(78)47-28-14-5-15-29-47)38-40-85-62(76)45-24-10-3-11-25-45/h3-37,52-61,69-71,75,83-84H,38-42H2,1-2H3. The van der Waals surface area contributed by atoms with E-state index in [0.717, 1.165) is 13.8 Å². The number of aliphatic hydroxyl groups excluding tert-OH is 3. The van der Waals surface area contributed by atoms with E-state index in [1.54, 1.807) is 66.7 Å². The van der Waals surface area contributed by atoms with Gasteiger partial charge in [-0.15, -0.1) is 0 Å². The Balaban J connectivity index is 1.16. The monoisotopic (exact) mass is 1450 g/mol. The maximum atomic E-state index is 14.4. The van der Waals surface area contributed by atoms with Crippen LogP contribution in [-0.2, 0) is 69.5 Å². The molecule has 1 saturated heterocycles. The molecular formula is C71H67IO25. The van der Waals surface area contributed by atoms with Crippen molar-refractivity contribution in [2.24, 2.45) is 0 Å². The zero-order valence-electron chi connectivity index (χ0n) is 51.9. The molecule has 1 aliphatic rings. The molecule has 13 atom stereocenters. The Morgan fingerprint density at radius 1 is 0.392 bits per heavy atom. The maximum absolute atomic E-state index is 14.4. The summed E-state index contributed by atoms with van der Waals surface area (Å²) in [5.41, 5.74) is -0.00535.